The highest BCUT2D eigenvalue weighted by molar-refractivity contribution is 6.03. The number of fused-ring (bicyclic) bond motifs is 7. The first-order valence-electron chi connectivity index (χ1n) is 19.6. The molecule has 0 saturated carbocycles. The lowest BCUT2D eigenvalue weighted by atomic mass is 9.73. The van der Waals surface area contributed by atoms with Gasteiger partial charge in [-0.3, -0.25) is 4.98 Å². The molecule has 1 unspecified atom stereocenters. The minimum Gasteiger partial charge on any atom is -0.254 e. The lowest BCUT2D eigenvalue weighted by Crippen LogP contribution is -2.14. The zero-order chi connectivity index (χ0) is 37.2. The zero-order valence-electron chi connectivity index (χ0n) is 31.0. The normalized spacial score (nSPS) is 15.2. The van der Waals surface area contributed by atoms with E-state index in [1.54, 1.807) is 0 Å². The average molecular weight is 716 g/mol. The van der Waals surface area contributed by atoms with Gasteiger partial charge in [-0.15, -0.1) is 0 Å². The van der Waals surface area contributed by atoms with Crippen LogP contribution in [0.3, 0.4) is 0 Å². The average Bonchev–Trinajstić information content (AvgIpc) is 3.27. The van der Waals surface area contributed by atoms with Crippen LogP contribution in [0.5, 0.6) is 0 Å². The second-order valence-electron chi connectivity index (χ2n) is 15.1. The first-order chi connectivity index (χ1) is 27.7. The quantitative estimate of drug-likeness (QED) is 0.167. The summed E-state index contributed by atoms with van der Waals surface area (Å²) in [5.41, 5.74) is 13.5. The molecule has 7 aromatic carbocycles. The Morgan fingerprint density at radius 2 is 1.11 bits per heavy atom. The SMILES string of the molecule is CC[C@H]1c2cc(-c3ccc4ccc(-c5ccc6cc(-c7ccc8ccc9cccnc9c8n7)ccc6c5)nc4c3)ccc2C=CC1c1cccc2ccccc12. The summed E-state index contributed by atoms with van der Waals surface area (Å²) >= 11 is 0. The van der Waals surface area contributed by atoms with E-state index in [2.05, 4.69) is 182 Å². The fourth-order valence-electron chi connectivity index (χ4n) is 9.00. The van der Waals surface area contributed by atoms with Gasteiger partial charge in [0.1, 0.15) is 0 Å². The molecule has 264 valence electrons. The Morgan fingerprint density at radius 1 is 0.464 bits per heavy atom. The number of nitrogens with zero attached hydrogens (tertiary/aromatic N) is 3. The van der Waals surface area contributed by atoms with Gasteiger partial charge in [-0.2, -0.15) is 0 Å². The number of pyridine rings is 3. The van der Waals surface area contributed by atoms with E-state index >= 15 is 0 Å². The lowest BCUT2D eigenvalue weighted by molar-refractivity contribution is 0.597. The summed E-state index contributed by atoms with van der Waals surface area (Å²) in [7, 11) is 0. The molecular formula is C53H37N3. The molecule has 3 heterocycles. The lowest BCUT2D eigenvalue weighted by Gasteiger charge is -2.31. The van der Waals surface area contributed by atoms with E-state index < -0.39 is 0 Å². The number of hydrogen-bond acceptors (Lipinski definition) is 3. The third kappa shape index (κ3) is 5.47. The minimum absolute atomic E-state index is 0.330. The van der Waals surface area contributed by atoms with E-state index in [-0.39, 0.29) is 0 Å². The summed E-state index contributed by atoms with van der Waals surface area (Å²) in [5, 5.41) is 8.32. The highest BCUT2D eigenvalue weighted by Crippen LogP contribution is 2.45. The van der Waals surface area contributed by atoms with Crippen LogP contribution < -0.4 is 0 Å². The van der Waals surface area contributed by atoms with Crippen LogP contribution in [0.2, 0.25) is 0 Å². The number of rotatable bonds is 5. The molecule has 3 heteroatoms. The van der Waals surface area contributed by atoms with Crippen LogP contribution in [-0.4, -0.2) is 15.0 Å². The molecule has 0 amide bonds. The van der Waals surface area contributed by atoms with Crippen molar-refractivity contribution >= 4 is 60.3 Å². The summed E-state index contributed by atoms with van der Waals surface area (Å²) in [5.74, 6) is 0.730. The molecule has 0 N–H and O–H groups in total. The molecule has 11 rings (SSSR count). The van der Waals surface area contributed by atoms with Gasteiger partial charge in [0, 0.05) is 39.4 Å². The predicted octanol–water partition coefficient (Wildman–Crippen LogP) is 13.9. The van der Waals surface area contributed by atoms with Crippen molar-refractivity contribution in [1.29, 1.82) is 0 Å². The molecule has 3 aromatic heterocycles. The molecule has 10 aromatic rings. The van der Waals surface area contributed by atoms with Crippen LogP contribution in [0.15, 0.2) is 176 Å². The van der Waals surface area contributed by atoms with Crippen LogP contribution in [-0.2, 0) is 0 Å². The van der Waals surface area contributed by atoms with Crippen molar-refractivity contribution in [2.45, 2.75) is 25.2 Å². The van der Waals surface area contributed by atoms with Gasteiger partial charge in [-0.05, 0) is 98.1 Å². The smallest absolute Gasteiger partial charge is 0.0972 e. The molecule has 1 aliphatic rings. The maximum atomic E-state index is 5.23. The Morgan fingerprint density at radius 3 is 1.95 bits per heavy atom. The van der Waals surface area contributed by atoms with Crippen LogP contribution >= 0.6 is 0 Å². The molecule has 56 heavy (non-hydrogen) atoms. The van der Waals surface area contributed by atoms with Gasteiger partial charge in [0.25, 0.3) is 0 Å². The van der Waals surface area contributed by atoms with Crippen molar-refractivity contribution in [2.75, 3.05) is 0 Å². The molecule has 3 nitrogen and oxygen atoms in total. The Labute approximate surface area is 325 Å². The Hall–Kier alpha value is -6.97. The van der Waals surface area contributed by atoms with E-state index in [4.69, 9.17) is 9.97 Å². The molecular weight excluding hydrogens is 679 g/mol. The highest BCUT2D eigenvalue weighted by atomic mass is 14.8. The Kier molecular flexibility index (Phi) is 7.60. The number of hydrogen-bond donors (Lipinski definition) is 0. The van der Waals surface area contributed by atoms with Crippen molar-refractivity contribution < 1.29 is 0 Å². The van der Waals surface area contributed by atoms with Crippen LogP contribution in [0.1, 0.15) is 41.9 Å². The van der Waals surface area contributed by atoms with Gasteiger partial charge < -0.3 is 0 Å². The van der Waals surface area contributed by atoms with Gasteiger partial charge in [-0.1, -0.05) is 146 Å². The van der Waals surface area contributed by atoms with Gasteiger partial charge in [0.05, 0.1) is 27.9 Å². The Bertz CT molecular complexity index is 3210. The molecule has 0 spiro atoms. The van der Waals surface area contributed by atoms with Crippen molar-refractivity contribution in [3.63, 3.8) is 0 Å². The largest absolute Gasteiger partial charge is 0.254 e. The second kappa shape index (κ2) is 13.1. The molecule has 0 radical (unpaired) electrons. The van der Waals surface area contributed by atoms with E-state index in [0.717, 1.165) is 61.6 Å². The summed E-state index contributed by atoms with van der Waals surface area (Å²) in [4.78, 5) is 15.0. The van der Waals surface area contributed by atoms with Crippen LogP contribution in [0.4, 0.5) is 0 Å². The van der Waals surface area contributed by atoms with Gasteiger partial charge in [-0.25, -0.2) is 9.97 Å². The van der Waals surface area contributed by atoms with Crippen molar-refractivity contribution in [1.82, 2.24) is 15.0 Å². The van der Waals surface area contributed by atoms with E-state index in [9.17, 15) is 0 Å². The minimum atomic E-state index is 0.330. The Balaban J connectivity index is 0.909. The molecule has 0 aliphatic heterocycles. The summed E-state index contributed by atoms with van der Waals surface area (Å²) in [6, 6.07) is 59.3. The zero-order valence-corrected chi connectivity index (χ0v) is 31.0. The maximum Gasteiger partial charge on any atom is 0.0972 e. The fourth-order valence-corrected chi connectivity index (χ4v) is 9.00. The van der Waals surface area contributed by atoms with Gasteiger partial charge in [0.15, 0.2) is 0 Å². The standard InChI is InChI=1S/C53H37N3/c1-2-44-47(46-11-5-8-33-7-3-4-10-45(33)46)25-22-34-12-16-40(31-48(34)44)41-17-13-35-23-26-49(55-51(35)32-41)42-20-18-39-30-43(21-19-38(39)29-42)50-27-24-37-15-14-36-9-6-28-54-52(36)53(37)56-50/h3-32,44,47H,2H2,1H3/t44-,47?/m1/s1. The maximum absolute atomic E-state index is 5.23. The van der Waals surface area contributed by atoms with Gasteiger partial charge >= 0.3 is 0 Å². The monoisotopic (exact) mass is 715 g/mol. The third-order valence-electron chi connectivity index (χ3n) is 11.9. The number of aromatic nitrogens is 3. The summed E-state index contributed by atoms with van der Waals surface area (Å²) < 4.78 is 0. The molecule has 0 saturated heterocycles. The highest BCUT2D eigenvalue weighted by Gasteiger charge is 2.28. The topological polar surface area (TPSA) is 38.7 Å². The van der Waals surface area contributed by atoms with Crippen LogP contribution in [0.25, 0.3) is 94.0 Å². The van der Waals surface area contributed by atoms with Crippen LogP contribution in [0, 0.1) is 0 Å². The second-order valence-corrected chi connectivity index (χ2v) is 15.1. The molecule has 2 atom stereocenters. The van der Waals surface area contributed by atoms with Crippen molar-refractivity contribution in [2.24, 2.45) is 0 Å². The summed E-state index contributed by atoms with van der Waals surface area (Å²) in [6.45, 7) is 2.33. The van der Waals surface area contributed by atoms with Gasteiger partial charge in [0.2, 0.25) is 0 Å². The van der Waals surface area contributed by atoms with Crippen molar-refractivity contribution in [3.05, 3.63) is 193 Å². The molecule has 0 bridgehead atoms. The summed E-state index contributed by atoms with van der Waals surface area (Å²) in [6.07, 6.45) is 7.66. The van der Waals surface area contributed by atoms with E-state index in [1.807, 2.05) is 12.3 Å². The molecule has 0 fully saturated rings. The number of allylic oxidation sites excluding steroid dienone is 1. The van der Waals surface area contributed by atoms with E-state index in [0.29, 0.717) is 11.8 Å². The third-order valence-corrected chi connectivity index (χ3v) is 11.9. The fraction of sp³-hybridized carbons (Fsp3) is 0.0755. The predicted molar refractivity (Wildman–Crippen MR) is 235 cm³/mol. The van der Waals surface area contributed by atoms with Crippen molar-refractivity contribution in [3.8, 4) is 33.6 Å². The molecule has 1 aliphatic carbocycles. The first-order valence-corrected chi connectivity index (χ1v) is 19.6. The van der Waals surface area contributed by atoms with E-state index in [1.165, 1.54) is 49.4 Å². The first kappa shape index (κ1) is 32.5. The number of benzene rings is 7.